The van der Waals surface area contributed by atoms with Crippen molar-refractivity contribution in [3.63, 3.8) is 0 Å². The maximum atomic E-state index is 10.0. The lowest BCUT2D eigenvalue weighted by atomic mass is 10.0. The van der Waals surface area contributed by atoms with Crippen LogP contribution in [0.15, 0.2) is 5.57 Å². The second-order valence-corrected chi connectivity index (χ2v) is 3.69. The van der Waals surface area contributed by atoms with Gasteiger partial charge in [0.1, 0.15) is 0 Å². The molecule has 4 nitrogen and oxygen atoms in total. The number of methoxy groups -OCH3 is 2. The van der Waals surface area contributed by atoms with E-state index in [1.807, 2.05) is 0 Å². The monoisotopic (exact) mass is 236 g/mol. The summed E-state index contributed by atoms with van der Waals surface area (Å²) < 4.78 is 10.0. The van der Waals surface area contributed by atoms with Crippen LogP contribution in [0.3, 0.4) is 0 Å². The van der Waals surface area contributed by atoms with Gasteiger partial charge in [0.25, 0.3) is 0 Å². The molecule has 4 heteroatoms. The van der Waals surface area contributed by atoms with E-state index in [4.69, 9.17) is 16.4 Å². The summed E-state index contributed by atoms with van der Waals surface area (Å²) in [5.41, 5.74) is 1.40. The fraction of sp³-hybridized carbons (Fsp3) is 0.308. The molecular formula is C13H16O4. The van der Waals surface area contributed by atoms with Crippen LogP contribution in [0.2, 0.25) is 0 Å². The summed E-state index contributed by atoms with van der Waals surface area (Å²) in [6.45, 7) is 8.92. The van der Waals surface area contributed by atoms with Crippen LogP contribution in [0.5, 0.6) is 23.0 Å². The molecular weight excluding hydrogens is 220 g/mol. The van der Waals surface area contributed by atoms with Gasteiger partial charge in [0.05, 0.1) is 14.2 Å². The first kappa shape index (κ1) is 13.2. The van der Waals surface area contributed by atoms with Gasteiger partial charge in [-0.3, -0.25) is 0 Å². The third-order valence-corrected chi connectivity index (χ3v) is 2.43. The Morgan fingerprint density at radius 3 is 2.00 bits per heavy atom. The van der Waals surface area contributed by atoms with E-state index in [-0.39, 0.29) is 23.0 Å². The Bertz CT molecular complexity index is 457. The minimum Gasteiger partial charge on any atom is -0.504 e. The lowest BCUT2D eigenvalue weighted by Crippen LogP contribution is -1.96. The molecule has 0 atom stereocenters. The second-order valence-electron chi connectivity index (χ2n) is 3.69. The summed E-state index contributed by atoms with van der Waals surface area (Å²) in [7, 11) is 2.77. The van der Waals surface area contributed by atoms with Gasteiger partial charge in [-0.2, -0.15) is 0 Å². The number of phenolic OH excluding ortho intramolecular Hbond substituents is 2. The van der Waals surface area contributed by atoms with Gasteiger partial charge in [-0.15, -0.1) is 0 Å². The van der Waals surface area contributed by atoms with Crippen molar-refractivity contribution in [1.29, 1.82) is 0 Å². The summed E-state index contributed by atoms with van der Waals surface area (Å²) in [5, 5.41) is 20.0. The Hall–Kier alpha value is -1.84. The van der Waals surface area contributed by atoms with Crippen molar-refractivity contribution in [1.82, 2.24) is 0 Å². The van der Waals surface area contributed by atoms with Crippen LogP contribution in [-0.4, -0.2) is 24.4 Å². The Morgan fingerprint density at radius 1 is 1.12 bits per heavy atom. The van der Waals surface area contributed by atoms with Crippen molar-refractivity contribution in [3.8, 4) is 23.0 Å². The van der Waals surface area contributed by atoms with Crippen LogP contribution in [0.25, 0.3) is 6.08 Å². The zero-order valence-corrected chi connectivity index (χ0v) is 10.4. The van der Waals surface area contributed by atoms with Crippen molar-refractivity contribution in [3.05, 3.63) is 23.6 Å². The van der Waals surface area contributed by atoms with E-state index in [0.29, 0.717) is 16.7 Å². The molecule has 0 unspecified atom stereocenters. The Kier molecular flexibility index (Phi) is 3.89. The molecule has 2 radical (unpaired) electrons. The van der Waals surface area contributed by atoms with Crippen LogP contribution >= 0.6 is 0 Å². The molecule has 0 aliphatic carbocycles. The number of phenols is 2. The average Bonchev–Trinajstić information content (AvgIpc) is 2.28. The molecule has 0 aromatic heterocycles. The molecule has 92 valence electrons. The van der Waals surface area contributed by atoms with Crippen LogP contribution < -0.4 is 9.47 Å². The van der Waals surface area contributed by atoms with Crippen LogP contribution in [0, 0.1) is 13.8 Å². The van der Waals surface area contributed by atoms with E-state index in [2.05, 4.69) is 0 Å². The molecule has 0 saturated carbocycles. The van der Waals surface area contributed by atoms with E-state index in [9.17, 15) is 10.2 Å². The number of ether oxygens (including phenoxy) is 2. The number of benzene rings is 1. The van der Waals surface area contributed by atoms with E-state index in [1.54, 1.807) is 19.9 Å². The molecule has 0 amide bonds. The highest BCUT2D eigenvalue weighted by Crippen LogP contribution is 2.48. The molecule has 0 saturated heterocycles. The zero-order chi connectivity index (χ0) is 13.2. The van der Waals surface area contributed by atoms with Gasteiger partial charge >= 0.3 is 0 Å². The predicted octanol–water partition coefficient (Wildman–Crippen LogP) is 2.54. The quantitative estimate of drug-likeness (QED) is 0.792. The van der Waals surface area contributed by atoms with Gasteiger partial charge in [0.2, 0.25) is 11.5 Å². The number of rotatable bonds is 3. The van der Waals surface area contributed by atoms with Gasteiger partial charge in [-0.25, -0.2) is 0 Å². The van der Waals surface area contributed by atoms with Crippen LogP contribution in [0.1, 0.15) is 18.1 Å². The SMILES string of the molecule is [CH]/C(C)=C\c1c(C)c(O)c(OC)c(OC)c1O. The fourth-order valence-electron chi connectivity index (χ4n) is 1.60. The largest absolute Gasteiger partial charge is 0.504 e. The van der Waals surface area contributed by atoms with E-state index < -0.39 is 0 Å². The van der Waals surface area contributed by atoms with Crippen molar-refractivity contribution < 1.29 is 19.7 Å². The molecule has 0 fully saturated rings. The third kappa shape index (κ3) is 2.30. The Labute approximate surface area is 101 Å². The minimum absolute atomic E-state index is 0.0744. The van der Waals surface area contributed by atoms with E-state index in [1.165, 1.54) is 14.2 Å². The van der Waals surface area contributed by atoms with Crippen molar-refractivity contribution in [2.45, 2.75) is 13.8 Å². The molecule has 0 heterocycles. The maximum absolute atomic E-state index is 10.0. The molecule has 0 bridgehead atoms. The molecule has 17 heavy (non-hydrogen) atoms. The number of allylic oxidation sites excluding steroid dienone is 1. The van der Waals surface area contributed by atoms with Crippen molar-refractivity contribution in [2.24, 2.45) is 0 Å². The van der Waals surface area contributed by atoms with Gasteiger partial charge in [0.15, 0.2) is 11.5 Å². The van der Waals surface area contributed by atoms with Gasteiger partial charge in [-0.05, 0) is 20.8 Å². The summed E-state index contributed by atoms with van der Waals surface area (Å²) >= 11 is 0. The highest BCUT2D eigenvalue weighted by atomic mass is 16.5. The predicted molar refractivity (Wildman–Crippen MR) is 65.6 cm³/mol. The molecule has 2 N–H and O–H groups in total. The second kappa shape index (κ2) is 4.99. The summed E-state index contributed by atoms with van der Waals surface area (Å²) in [4.78, 5) is 0. The molecule has 0 spiro atoms. The van der Waals surface area contributed by atoms with Crippen LogP contribution in [0.4, 0.5) is 0 Å². The first-order valence-electron chi connectivity index (χ1n) is 5.04. The number of hydrogen-bond acceptors (Lipinski definition) is 4. The maximum Gasteiger partial charge on any atom is 0.207 e. The Balaban J connectivity index is 3.64. The summed E-state index contributed by atoms with van der Waals surface area (Å²) in [5.74, 6) is 0.0107. The molecule has 0 aliphatic heterocycles. The number of hydrogen-bond donors (Lipinski definition) is 2. The van der Waals surface area contributed by atoms with Gasteiger partial charge in [-0.1, -0.05) is 11.6 Å². The molecule has 1 rings (SSSR count). The number of aromatic hydroxyl groups is 2. The van der Waals surface area contributed by atoms with E-state index in [0.717, 1.165) is 0 Å². The summed E-state index contributed by atoms with van der Waals surface area (Å²) in [6, 6.07) is 0. The lowest BCUT2D eigenvalue weighted by Gasteiger charge is -2.16. The fourth-order valence-corrected chi connectivity index (χ4v) is 1.60. The molecule has 1 aromatic rings. The molecule has 1 aromatic carbocycles. The smallest absolute Gasteiger partial charge is 0.207 e. The third-order valence-electron chi connectivity index (χ3n) is 2.43. The van der Waals surface area contributed by atoms with Gasteiger partial charge < -0.3 is 19.7 Å². The van der Waals surface area contributed by atoms with E-state index >= 15 is 0 Å². The average molecular weight is 236 g/mol. The van der Waals surface area contributed by atoms with Crippen molar-refractivity contribution in [2.75, 3.05) is 14.2 Å². The normalized spacial score (nSPS) is 11.5. The van der Waals surface area contributed by atoms with Crippen molar-refractivity contribution >= 4 is 6.08 Å². The topological polar surface area (TPSA) is 58.9 Å². The highest BCUT2D eigenvalue weighted by Gasteiger charge is 2.21. The first-order valence-corrected chi connectivity index (χ1v) is 5.04. The highest BCUT2D eigenvalue weighted by molar-refractivity contribution is 5.74. The Morgan fingerprint density at radius 2 is 1.59 bits per heavy atom. The zero-order valence-electron chi connectivity index (χ0n) is 10.4. The standard InChI is InChI=1S/C13H16O4/c1-7(2)6-9-8(3)10(14)12(16-4)13(17-5)11(9)15/h1,6,14-15H,2-5H3/b7-6+. The van der Waals surface area contributed by atoms with Crippen LogP contribution in [-0.2, 0) is 0 Å². The minimum atomic E-state index is -0.107. The lowest BCUT2D eigenvalue weighted by molar-refractivity contribution is 0.315. The summed E-state index contributed by atoms with van der Waals surface area (Å²) in [6.07, 6.45) is 1.56. The first-order chi connectivity index (χ1) is 7.93. The molecule has 0 aliphatic rings. The van der Waals surface area contributed by atoms with Gasteiger partial charge in [0, 0.05) is 11.1 Å².